The van der Waals surface area contributed by atoms with E-state index in [1.165, 1.54) is 36.4 Å². The lowest BCUT2D eigenvalue weighted by Gasteiger charge is -2.14. The summed E-state index contributed by atoms with van der Waals surface area (Å²) in [7, 11) is 0. The number of imide groups is 1. The molecule has 0 spiro atoms. The van der Waals surface area contributed by atoms with Gasteiger partial charge < -0.3 is 13.9 Å². The molecule has 2 heterocycles. The molecule has 0 atom stereocenters. The van der Waals surface area contributed by atoms with Crippen LogP contribution in [0.4, 0.5) is 5.69 Å². The van der Waals surface area contributed by atoms with Gasteiger partial charge in [-0.1, -0.05) is 42.5 Å². The molecule has 0 unspecified atom stereocenters. The number of carboxylic acids is 1. The monoisotopic (exact) mass is 449 g/mol. The van der Waals surface area contributed by atoms with Crippen molar-refractivity contribution in [3.63, 3.8) is 0 Å². The van der Waals surface area contributed by atoms with E-state index in [0.717, 1.165) is 15.7 Å². The van der Waals surface area contributed by atoms with Crippen LogP contribution in [0.1, 0.15) is 31.1 Å². The van der Waals surface area contributed by atoms with Gasteiger partial charge in [0.1, 0.15) is 11.2 Å². The van der Waals surface area contributed by atoms with Crippen molar-refractivity contribution in [1.82, 2.24) is 0 Å². The Morgan fingerprint density at radius 2 is 1.18 bits per heavy atom. The van der Waals surface area contributed by atoms with Gasteiger partial charge >= 0.3 is 5.97 Å². The lowest BCUT2D eigenvalue weighted by Crippen LogP contribution is -2.29. The van der Waals surface area contributed by atoms with E-state index in [1.54, 1.807) is 0 Å². The van der Waals surface area contributed by atoms with E-state index in [4.69, 9.17) is 8.83 Å². The van der Waals surface area contributed by atoms with Crippen LogP contribution in [0.15, 0.2) is 93.8 Å². The number of carbonyl (C=O) groups excluding carboxylic acids is 2. The Bertz CT molecular complexity index is 1640. The van der Waals surface area contributed by atoms with Gasteiger partial charge in [0.2, 0.25) is 0 Å². The van der Waals surface area contributed by atoms with Crippen LogP contribution >= 0.6 is 0 Å². The molecule has 164 valence electrons. The van der Waals surface area contributed by atoms with Gasteiger partial charge in [0.15, 0.2) is 11.2 Å². The second kappa shape index (κ2) is 7.31. The van der Waals surface area contributed by atoms with E-state index in [1.807, 2.05) is 48.5 Å². The molecule has 0 saturated carbocycles. The van der Waals surface area contributed by atoms with E-state index in [-0.39, 0.29) is 22.4 Å². The first kappa shape index (κ1) is 19.8. The fourth-order valence-corrected chi connectivity index (χ4v) is 4.21. The quantitative estimate of drug-likeness (QED) is 0.334. The Hall–Kier alpha value is -4.91. The topological polar surface area (TPSA) is 101 Å². The molecular formula is C27H15NO6. The second-order valence-electron chi connectivity index (χ2n) is 7.84. The summed E-state index contributed by atoms with van der Waals surface area (Å²) in [5, 5.41) is 11.0. The van der Waals surface area contributed by atoms with Crippen LogP contribution in [0.2, 0.25) is 0 Å². The molecule has 0 bridgehead atoms. The van der Waals surface area contributed by atoms with E-state index in [0.29, 0.717) is 22.3 Å². The van der Waals surface area contributed by atoms with E-state index in [2.05, 4.69) is 0 Å². The Labute approximate surface area is 191 Å². The minimum atomic E-state index is -1.15. The van der Waals surface area contributed by atoms with Gasteiger partial charge in [-0.25, -0.2) is 9.69 Å². The Kier molecular flexibility index (Phi) is 4.25. The maximum atomic E-state index is 13.2. The SMILES string of the molecule is O=C(O)c1cccc(N2C(=O)c3cc4oc5ccccc5c5ccccc5oc4cc3C2=O)c1. The van der Waals surface area contributed by atoms with Crippen molar-refractivity contribution in [2.75, 3.05) is 4.90 Å². The van der Waals surface area contributed by atoms with Gasteiger partial charge in [-0.15, -0.1) is 0 Å². The van der Waals surface area contributed by atoms with Gasteiger partial charge in [0.05, 0.1) is 22.4 Å². The van der Waals surface area contributed by atoms with Crippen LogP contribution in [0.25, 0.3) is 33.1 Å². The summed E-state index contributed by atoms with van der Waals surface area (Å²) in [5.74, 6) is -2.28. The molecule has 1 aromatic heterocycles. The highest BCUT2D eigenvalue weighted by Crippen LogP contribution is 2.34. The zero-order valence-electron chi connectivity index (χ0n) is 17.5. The van der Waals surface area contributed by atoms with Crippen LogP contribution in [-0.4, -0.2) is 22.9 Å². The number of rotatable bonds is 2. The third-order valence-corrected chi connectivity index (χ3v) is 5.81. The predicted octanol–water partition coefficient (Wildman–Crippen LogP) is 5.96. The van der Waals surface area contributed by atoms with Crippen molar-refractivity contribution in [3.8, 4) is 0 Å². The molecule has 0 radical (unpaired) electrons. The highest BCUT2D eigenvalue weighted by molar-refractivity contribution is 6.35. The highest BCUT2D eigenvalue weighted by Gasteiger charge is 2.37. The van der Waals surface area contributed by atoms with Gasteiger partial charge in [-0.3, -0.25) is 9.59 Å². The molecule has 4 aromatic carbocycles. The number of nitrogens with zero attached hydrogens (tertiary/aromatic N) is 1. The third kappa shape index (κ3) is 2.95. The van der Waals surface area contributed by atoms with Crippen LogP contribution in [-0.2, 0) is 0 Å². The van der Waals surface area contributed by atoms with Crippen molar-refractivity contribution in [1.29, 1.82) is 0 Å². The predicted molar refractivity (Wildman–Crippen MR) is 126 cm³/mol. The summed E-state index contributed by atoms with van der Waals surface area (Å²) in [6, 6.07) is 23.7. The number of para-hydroxylation sites is 2. The molecule has 1 aliphatic rings. The smallest absolute Gasteiger partial charge is 0.335 e. The summed E-state index contributed by atoms with van der Waals surface area (Å²) >= 11 is 0. The van der Waals surface area contributed by atoms with Gasteiger partial charge in [0.25, 0.3) is 11.8 Å². The molecule has 0 saturated heterocycles. The minimum Gasteiger partial charge on any atom is -0.478 e. The average Bonchev–Trinajstić information content (AvgIpc) is 3.08. The number of aromatic carboxylic acids is 1. The molecule has 2 amide bonds. The number of carbonyl (C=O) groups is 3. The zero-order chi connectivity index (χ0) is 23.4. The first-order valence-electron chi connectivity index (χ1n) is 10.5. The van der Waals surface area contributed by atoms with E-state index >= 15 is 0 Å². The summed E-state index contributed by atoms with van der Waals surface area (Å²) in [6.45, 7) is 0. The Balaban J connectivity index is 1.62. The standard InChI is InChI=1S/C27H15NO6/c29-25-19-13-23-24(14-20(19)26(30)28(25)16-7-5-6-15(12-16)27(31)32)34-22-11-4-2-9-18(22)17-8-1-3-10-21(17)33-23/h1-14H,(H,31,32). The first-order valence-corrected chi connectivity index (χ1v) is 10.5. The van der Waals surface area contributed by atoms with E-state index in [9.17, 15) is 19.5 Å². The van der Waals surface area contributed by atoms with Crippen molar-refractivity contribution in [2.24, 2.45) is 0 Å². The summed E-state index contributed by atoms with van der Waals surface area (Å²) in [4.78, 5) is 38.8. The molecule has 5 aromatic rings. The molecule has 1 aliphatic heterocycles. The first-order chi connectivity index (χ1) is 16.5. The normalized spacial score (nSPS) is 13.0. The van der Waals surface area contributed by atoms with Crippen molar-refractivity contribution in [2.45, 2.75) is 0 Å². The number of carboxylic acid groups (broad SMARTS) is 1. The van der Waals surface area contributed by atoms with Gasteiger partial charge in [0, 0.05) is 10.8 Å². The maximum absolute atomic E-state index is 13.2. The van der Waals surface area contributed by atoms with Crippen LogP contribution < -0.4 is 4.90 Å². The molecule has 0 aliphatic carbocycles. The fraction of sp³-hybridized carbons (Fsp3) is 0. The second-order valence-corrected chi connectivity index (χ2v) is 7.84. The number of anilines is 1. The Morgan fingerprint density at radius 1 is 0.647 bits per heavy atom. The number of fused-ring (bicyclic) bond motifs is 5. The number of amides is 2. The van der Waals surface area contributed by atoms with Crippen LogP contribution in [0, 0.1) is 0 Å². The minimum absolute atomic E-state index is 0.0267. The molecule has 7 heteroatoms. The highest BCUT2D eigenvalue weighted by atomic mass is 16.4. The van der Waals surface area contributed by atoms with Crippen molar-refractivity contribution >= 4 is 56.6 Å². The number of hydrogen-bond donors (Lipinski definition) is 1. The number of benzene rings is 4. The molecule has 7 nitrogen and oxygen atoms in total. The maximum Gasteiger partial charge on any atom is 0.335 e. The molecule has 0 fully saturated rings. The average molecular weight is 449 g/mol. The summed E-state index contributed by atoms with van der Waals surface area (Å²) in [5.41, 5.74) is 2.21. The Morgan fingerprint density at radius 3 is 1.71 bits per heavy atom. The largest absolute Gasteiger partial charge is 0.478 e. The molecule has 34 heavy (non-hydrogen) atoms. The van der Waals surface area contributed by atoms with Crippen molar-refractivity contribution < 1.29 is 28.3 Å². The van der Waals surface area contributed by atoms with Crippen molar-refractivity contribution in [3.05, 3.63) is 102 Å². The third-order valence-electron chi connectivity index (χ3n) is 5.81. The zero-order valence-corrected chi connectivity index (χ0v) is 17.5. The summed E-state index contributed by atoms with van der Waals surface area (Å²) < 4.78 is 12.3. The van der Waals surface area contributed by atoms with E-state index < -0.39 is 17.8 Å². The van der Waals surface area contributed by atoms with Crippen LogP contribution in [0.3, 0.4) is 0 Å². The lowest BCUT2D eigenvalue weighted by atomic mass is 10.1. The molecule has 1 N–H and O–H groups in total. The van der Waals surface area contributed by atoms with Gasteiger partial charge in [-0.05, 0) is 42.5 Å². The molecular weight excluding hydrogens is 434 g/mol. The van der Waals surface area contributed by atoms with Crippen LogP contribution in [0.5, 0.6) is 0 Å². The number of hydrogen-bond acceptors (Lipinski definition) is 5. The fourth-order valence-electron chi connectivity index (χ4n) is 4.21. The molecule has 6 rings (SSSR count). The summed E-state index contributed by atoms with van der Waals surface area (Å²) in [6.07, 6.45) is 0. The lowest BCUT2D eigenvalue weighted by molar-refractivity contribution is 0.0695. The van der Waals surface area contributed by atoms with Gasteiger partial charge in [-0.2, -0.15) is 0 Å².